The van der Waals surface area contributed by atoms with Gasteiger partial charge in [0.15, 0.2) is 0 Å². The van der Waals surface area contributed by atoms with Gasteiger partial charge in [0.1, 0.15) is 5.69 Å². The first-order chi connectivity index (χ1) is 10.9. The van der Waals surface area contributed by atoms with E-state index in [1.54, 1.807) is 6.20 Å². The van der Waals surface area contributed by atoms with Gasteiger partial charge in [-0.25, -0.2) is 0 Å². The Labute approximate surface area is 139 Å². The zero-order chi connectivity index (χ0) is 14.8. The van der Waals surface area contributed by atoms with E-state index in [2.05, 4.69) is 20.4 Å². The number of nitrogens with one attached hydrogen (secondary N) is 1. The maximum absolute atomic E-state index is 5.66. The van der Waals surface area contributed by atoms with Crippen LogP contribution in [0.15, 0.2) is 41.1 Å². The van der Waals surface area contributed by atoms with Gasteiger partial charge in [-0.05, 0) is 11.5 Å². The summed E-state index contributed by atoms with van der Waals surface area (Å²) in [4.78, 5) is 8.89. The van der Waals surface area contributed by atoms with Crippen LogP contribution in [0.3, 0.4) is 0 Å². The van der Waals surface area contributed by atoms with Gasteiger partial charge in [0.2, 0.25) is 11.7 Å². The first kappa shape index (κ1) is 15.9. The molecule has 0 spiro atoms. The molecule has 2 aromatic heterocycles. The largest absolute Gasteiger partial charge is 0.375 e. The number of hydrogen-bond donors (Lipinski definition) is 1. The lowest BCUT2D eigenvalue weighted by atomic mass is 10.1. The number of ether oxygens (including phenoxy) is 1. The summed E-state index contributed by atoms with van der Waals surface area (Å²) in [6, 6.07) is 10.0. The Morgan fingerprint density at radius 3 is 3.00 bits per heavy atom. The fourth-order valence-corrected chi connectivity index (χ4v) is 2.68. The predicted molar refractivity (Wildman–Crippen MR) is 88.6 cm³/mol. The highest BCUT2D eigenvalue weighted by atomic mass is 35.5. The van der Waals surface area contributed by atoms with Crippen LogP contribution in [0.1, 0.15) is 5.89 Å². The molecule has 1 atom stereocenters. The van der Waals surface area contributed by atoms with Crippen molar-refractivity contribution in [3.8, 4) is 11.5 Å². The minimum Gasteiger partial charge on any atom is -0.375 e. The molecule has 3 heterocycles. The molecule has 0 aliphatic carbocycles. The second-order valence-corrected chi connectivity index (χ2v) is 5.29. The summed E-state index contributed by atoms with van der Waals surface area (Å²) >= 11 is 0. The van der Waals surface area contributed by atoms with Gasteiger partial charge < -0.3 is 14.6 Å². The number of hydrogen-bond acceptors (Lipinski definition) is 6. The Morgan fingerprint density at radius 1 is 1.22 bits per heavy atom. The highest BCUT2D eigenvalue weighted by Crippen LogP contribution is 2.24. The molecule has 6 nitrogen and oxygen atoms in total. The van der Waals surface area contributed by atoms with Crippen LogP contribution in [0, 0.1) is 0 Å². The van der Waals surface area contributed by atoms with Crippen molar-refractivity contribution in [2.75, 3.05) is 19.7 Å². The molecule has 0 saturated carbocycles. The number of fused-ring (bicyclic) bond motifs is 1. The molecular formula is C16H17ClN4O2. The Balaban J connectivity index is 0.00000156. The number of pyridine rings is 1. The van der Waals surface area contributed by atoms with Gasteiger partial charge in [0.25, 0.3) is 0 Å². The average molecular weight is 333 g/mol. The van der Waals surface area contributed by atoms with Gasteiger partial charge in [-0.1, -0.05) is 29.4 Å². The lowest BCUT2D eigenvalue weighted by Crippen LogP contribution is -2.39. The fraction of sp³-hybridized carbons (Fsp3) is 0.312. The normalized spacial score (nSPS) is 17.8. The van der Waals surface area contributed by atoms with Gasteiger partial charge in [0.05, 0.1) is 19.1 Å². The van der Waals surface area contributed by atoms with Crippen molar-refractivity contribution in [2.45, 2.75) is 12.5 Å². The van der Waals surface area contributed by atoms with E-state index in [9.17, 15) is 0 Å². The zero-order valence-electron chi connectivity index (χ0n) is 12.4. The van der Waals surface area contributed by atoms with E-state index in [1.807, 2.05) is 30.3 Å². The molecule has 1 aliphatic rings. The maximum atomic E-state index is 5.66. The summed E-state index contributed by atoms with van der Waals surface area (Å²) in [6.45, 7) is 2.42. The molecule has 1 fully saturated rings. The van der Waals surface area contributed by atoms with Crippen molar-refractivity contribution >= 4 is 23.2 Å². The SMILES string of the molecule is Cl.c1ccc2c(-c3noc(CC4CNCCO4)n3)nccc2c1. The van der Waals surface area contributed by atoms with Crippen LogP contribution in [0.25, 0.3) is 22.3 Å². The molecule has 1 aliphatic heterocycles. The Kier molecular flexibility index (Phi) is 4.85. The fourth-order valence-electron chi connectivity index (χ4n) is 2.68. The molecule has 4 rings (SSSR count). The number of nitrogens with zero attached hydrogens (tertiary/aromatic N) is 3. The third kappa shape index (κ3) is 3.34. The molecule has 0 radical (unpaired) electrons. The second-order valence-electron chi connectivity index (χ2n) is 5.29. The van der Waals surface area contributed by atoms with E-state index < -0.39 is 0 Å². The summed E-state index contributed by atoms with van der Waals surface area (Å²) in [5, 5.41) is 9.50. The van der Waals surface area contributed by atoms with E-state index in [1.165, 1.54) is 0 Å². The number of morpholine rings is 1. The van der Waals surface area contributed by atoms with Gasteiger partial charge in [-0.15, -0.1) is 12.4 Å². The highest BCUT2D eigenvalue weighted by molar-refractivity contribution is 5.92. The molecule has 0 bridgehead atoms. The number of aromatic nitrogens is 3. The first-order valence-electron chi connectivity index (χ1n) is 7.39. The van der Waals surface area contributed by atoms with Crippen LogP contribution in [0.2, 0.25) is 0 Å². The van der Waals surface area contributed by atoms with Crippen molar-refractivity contribution < 1.29 is 9.26 Å². The Morgan fingerprint density at radius 2 is 2.13 bits per heavy atom. The van der Waals surface area contributed by atoms with Crippen LogP contribution in [0.4, 0.5) is 0 Å². The molecule has 1 N–H and O–H groups in total. The lowest BCUT2D eigenvalue weighted by molar-refractivity contribution is 0.0246. The Hall–Kier alpha value is -2.02. The second kappa shape index (κ2) is 7.04. The van der Waals surface area contributed by atoms with Crippen molar-refractivity contribution in [1.29, 1.82) is 0 Å². The average Bonchev–Trinajstić information content (AvgIpc) is 3.03. The monoisotopic (exact) mass is 332 g/mol. The van der Waals surface area contributed by atoms with E-state index in [0.29, 0.717) is 18.1 Å². The smallest absolute Gasteiger partial charge is 0.229 e. The van der Waals surface area contributed by atoms with Gasteiger partial charge in [-0.3, -0.25) is 4.98 Å². The number of benzene rings is 1. The topological polar surface area (TPSA) is 73.1 Å². The zero-order valence-corrected chi connectivity index (χ0v) is 13.3. The summed E-state index contributed by atoms with van der Waals surface area (Å²) in [6.07, 6.45) is 2.47. The van der Waals surface area contributed by atoms with Crippen LogP contribution < -0.4 is 5.32 Å². The van der Waals surface area contributed by atoms with Crippen LogP contribution >= 0.6 is 12.4 Å². The molecule has 23 heavy (non-hydrogen) atoms. The third-order valence-corrected chi connectivity index (χ3v) is 3.76. The summed E-state index contributed by atoms with van der Waals surface area (Å²) in [5.41, 5.74) is 0.746. The molecule has 1 saturated heterocycles. The molecule has 7 heteroatoms. The lowest BCUT2D eigenvalue weighted by Gasteiger charge is -2.21. The minimum absolute atomic E-state index is 0. The van der Waals surface area contributed by atoms with E-state index in [4.69, 9.17) is 9.26 Å². The van der Waals surface area contributed by atoms with Crippen LogP contribution in [-0.4, -0.2) is 40.9 Å². The molecular weight excluding hydrogens is 316 g/mol. The highest BCUT2D eigenvalue weighted by Gasteiger charge is 2.19. The minimum atomic E-state index is 0. The summed E-state index contributed by atoms with van der Waals surface area (Å²) < 4.78 is 11.0. The third-order valence-electron chi connectivity index (χ3n) is 3.76. The number of rotatable bonds is 3. The predicted octanol–water partition coefficient (Wildman–Crippen LogP) is 2.24. The van der Waals surface area contributed by atoms with Crippen molar-refractivity contribution in [3.63, 3.8) is 0 Å². The van der Waals surface area contributed by atoms with Crippen molar-refractivity contribution in [3.05, 3.63) is 42.4 Å². The first-order valence-corrected chi connectivity index (χ1v) is 7.39. The van der Waals surface area contributed by atoms with E-state index >= 15 is 0 Å². The summed E-state index contributed by atoms with van der Waals surface area (Å²) in [7, 11) is 0. The van der Waals surface area contributed by atoms with Crippen molar-refractivity contribution in [1.82, 2.24) is 20.4 Å². The summed E-state index contributed by atoms with van der Waals surface area (Å²) in [5.74, 6) is 1.11. The molecule has 3 aromatic rings. The maximum Gasteiger partial charge on any atom is 0.229 e. The van der Waals surface area contributed by atoms with E-state index in [0.717, 1.165) is 36.2 Å². The van der Waals surface area contributed by atoms with Crippen LogP contribution in [-0.2, 0) is 11.2 Å². The molecule has 120 valence electrons. The van der Waals surface area contributed by atoms with Gasteiger partial charge in [-0.2, -0.15) is 4.98 Å². The Bertz CT molecular complexity index is 781. The van der Waals surface area contributed by atoms with Gasteiger partial charge in [0, 0.05) is 24.7 Å². The quantitative estimate of drug-likeness (QED) is 0.793. The molecule has 0 amide bonds. The van der Waals surface area contributed by atoms with Crippen LogP contribution in [0.5, 0.6) is 0 Å². The molecule has 1 unspecified atom stereocenters. The van der Waals surface area contributed by atoms with E-state index in [-0.39, 0.29) is 18.5 Å². The van der Waals surface area contributed by atoms with Crippen molar-refractivity contribution in [2.24, 2.45) is 0 Å². The molecule has 1 aromatic carbocycles. The van der Waals surface area contributed by atoms with Gasteiger partial charge >= 0.3 is 0 Å². The number of halogens is 1. The standard InChI is InChI=1S/C16H16N4O2.ClH/c1-2-4-13-11(3-1)5-6-18-15(13)16-19-14(22-20-16)9-12-10-17-7-8-21-12;/h1-6,12,17H,7-10H2;1H.